The average molecular weight is 424 g/mol. The van der Waals surface area contributed by atoms with Crippen molar-refractivity contribution in [3.8, 4) is 28.6 Å². The molecule has 9 nitrogen and oxygen atoms in total. The number of morpholine rings is 1. The number of benzene rings is 2. The number of rotatable bonds is 4. The number of nitrogens with one attached hydrogen (secondary N) is 1. The second-order valence-corrected chi connectivity index (χ2v) is 7.72. The molecule has 0 atom stereocenters. The third kappa shape index (κ3) is 3.91. The van der Waals surface area contributed by atoms with Crippen molar-refractivity contribution in [3.63, 3.8) is 0 Å². The predicted molar refractivity (Wildman–Crippen MR) is 114 cm³/mol. The lowest BCUT2D eigenvalue weighted by molar-refractivity contribution is 0.0303. The van der Waals surface area contributed by atoms with Gasteiger partial charge < -0.3 is 19.8 Å². The molecular weight excluding hydrogens is 400 g/mol. The number of aromatic amines is 1. The lowest BCUT2D eigenvalue weighted by Crippen LogP contribution is -2.40. The largest absolute Gasteiger partial charge is 0.508 e. The van der Waals surface area contributed by atoms with Crippen molar-refractivity contribution in [2.24, 2.45) is 0 Å². The molecule has 1 aromatic heterocycles. The highest BCUT2D eigenvalue weighted by atomic mass is 16.5. The lowest BCUT2D eigenvalue weighted by Gasteiger charge is -2.26. The number of hydrogen-bond donors (Lipinski definition) is 3. The quantitative estimate of drug-likeness (QED) is 0.591. The zero-order valence-electron chi connectivity index (χ0n) is 17.3. The van der Waals surface area contributed by atoms with Gasteiger partial charge in [0.1, 0.15) is 11.5 Å². The summed E-state index contributed by atoms with van der Waals surface area (Å²) in [6.07, 6.45) is 0. The highest BCUT2D eigenvalue weighted by Crippen LogP contribution is 2.37. The fourth-order valence-electron chi connectivity index (χ4n) is 3.65. The molecule has 4 rings (SSSR count). The van der Waals surface area contributed by atoms with E-state index in [1.54, 1.807) is 35.2 Å². The van der Waals surface area contributed by atoms with Gasteiger partial charge in [-0.05, 0) is 41.8 Å². The minimum absolute atomic E-state index is 0.00365. The molecule has 162 valence electrons. The Balaban J connectivity index is 1.71. The van der Waals surface area contributed by atoms with Gasteiger partial charge in [0.15, 0.2) is 5.82 Å². The monoisotopic (exact) mass is 424 g/mol. The zero-order chi connectivity index (χ0) is 22.1. The van der Waals surface area contributed by atoms with E-state index in [-0.39, 0.29) is 29.1 Å². The van der Waals surface area contributed by atoms with E-state index in [4.69, 9.17) is 4.74 Å². The maximum absolute atomic E-state index is 12.7. The first-order valence-corrected chi connectivity index (χ1v) is 10.1. The van der Waals surface area contributed by atoms with Crippen molar-refractivity contribution in [1.29, 1.82) is 0 Å². The molecule has 2 heterocycles. The van der Waals surface area contributed by atoms with E-state index in [9.17, 15) is 19.8 Å². The van der Waals surface area contributed by atoms with Crippen LogP contribution in [0.3, 0.4) is 0 Å². The van der Waals surface area contributed by atoms with Crippen molar-refractivity contribution >= 4 is 5.91 Å². The molecule has 0 spiro atoms. The highest BCUT2D eigenvalue weighted by Gasteiger charge is 2.21. The number of nitrogens with zero attached hydrogens (tertiary/aromatic N) is 3. The first-order chi connectivity index (χ1) is 14.9. The molecule has 0 unspecified atom stereocenters. The number of phenols is 2. The molecule has 1 saturated heterocycles. The van der Waals surface area contributed by atoms with Crippen LogP contribution in [0, 0.1) is 0 Å². The summed E-state index contributed by atoms with van der Waals surface area (Å²) in [4.78, 5) is 26.9. The number of ether oxygens (including phenoxy) is 1. The Morgan fingerprint density at radius 1 is 1.10 bits per heavy atom. The molecule has 0 aliphatic carbocycles. The summed E-state index contributed by atoms with van der Waals surface area (Å²) in [5, 5.41) is 27.0. The molecule has 9 heteroatoms. The number of aromatic nitrogens is 3. The predicted octanol–water partition coefficient (Wildman–Crippen LogP) is 2.23. The maximum atomic E-state index is 12.7. The zero-order valence-corrected chi connectivity index (χ0v) is 17.3. The number of aromatic hydroxyl groups is 2. The van der Waals surface area contributed by atoms with Crippen molar-refractivity contribution < 1.29 is 19.7 Å². The summed E-state index contributed by atoms with van der Waals surface area (Å²) < 4.78 is 6.60. The van der Waals surface area contributed by atoms with Crippen LogP contribution in [-0.4, -0.2) is 62.1 Å². The van der Waals surface area contributed by atoms with Crippen molar-refractivity contribution in [3.05, 3.63) is 58.0 Å². The Morgan fingerprint density at radius 3 is 2.42 bits per heavy atom. The molecular formula is C22H24N4O5. The van der Waals surface area contributed by atoms with E-state index in [1.165, 1.54) is 10.6 Å². The van der Waals surface area contributed by atoms with Crippen molar-refractivity contribution in [2.45, 2.75) is 19.8 Å². The molecule has 0 radical (unpaired) electrons. The topological polar surface area (TPSA) is 121 Å². The standard InChI is InChI=1S/C22H24N4O5/c1-13(2)16-11-17(19(28)12-18(16)27)20-23-24-22(30)26(20)15-5-3-14(4-6-15)21(29)25-7-9-31-10-8-25/h3-6,11-13,27-28H,7-10H2,1-2H3,(H,24,30). The molecule has 1 fully saturated rings. The first kappa shape index (κ1) is 20.7. The Bertz CT molecular complexity index is 1160. The van der Waals surface area contributed by atoms with Gasteiger partial charge in [-0.15, -0.1) is 0 Å². The average Bonchev–Trinajstić information content (AvgIpc) is 3.15. The van der Waals surface area contributed by atoms with Gasteiger partial charge in [0, 0.05) is 24.7 Å². The van der Waals surface area contributed by atoms with Gasteiger partial charge >= 0.3 is 5.69 Å². The minimum atomic E-state index is -0.485. The van der Waals surface area contributed by atoms with E-state index in [2.05, 4.69) is 10.2 Å². The van der Waals surface area contributed by atoms with Crippen LogP contribution in [-0.2, 0) is 4.74 Å². The van der Waals surface area contributed by atoms with E-state index in [0.717, 1.165) is 0 Å². The molecule has 31 heavy (non-hydrogen) atoms. The van der Waals surface area contributed by atoms with Gasteiger partial charge in [-0.25, -0.2) is 14.5 Å². The molecule has 1 aliphatic heterocycles. The Morgan fingerprint density at radius 2 is 1.77 bits per heavy atom. The summed E-state index contributed by atoms with van der Waals surface area (Å²) in [7, 11) is 0. The smallest absolute Gasteiger partial charge is 0.348 e. The van der Waals surface area contributed by atoms with Crippen molar-refractivity contribution in [2.75, 3.05) is 26.3 Å². The van der Waals surface area contributed by atoms with Crippen LogP contribution in [0.1, 0.15) is 35.7 Å². The highest BCUT2D eigenvalue weighted by molar-refractivity contribution is 5.94. The van der Waals surface area contributed by atoms with Gasteiger partial charge in [0.25, 0.3) is 5.91 Å². The summed E-state index contributed by atoms with van der Waals surface area (Å²) in [6.45, 7) is 5.96. The van der Waals surface area contributed by atoms with Crippen LogP contribution in [0.4, 0.5) is 0 Å². The summed E-state index contributed by atoms with van der Waals surface area (Å²) >= 11 is 0. The van der Waals surface area contributed by atoms with Gasteiger partial charge in [-0.2, -0.15) is 5.10 Å². The summed E-state index contributed by atoms with van der Waals surface area (Å²) in [5.74, 6) is -0.0964. The number of H-pyrrole nitrogens is 1. The Labute approximate surface area is 178 Å². The molecule has 3 N–H and O–H groups in total. The number of amides is 1. The number of carbonyl (C=O) groups excluding carboxylic acids is 1. The second-order valence-electron chi connectivity index (χ2n) is 7.72. The maximum Gasteiger partial charge on any atom is 0.348 e. The van der Waals surface area contributed by atoms with E-state index < -0.39 is 5.69 Å². The molecule has 1 aliphatic rings. The van der Waals surface area contributed by atoms with E-state index in [0.29, 0.717) is 48.7 Å². The Kier molecular flexibility index (Phi) is 5.51. The third-order valence-corrected chi connectivity index (χ3v) is 5.35. The summed E-state index contributed by atoms with van der Waals surface area (Å²) in [5.41, 5.74) is 1.46. The lowest BCUT2D eigenvalue weighted by atomic mass is 9.98. The third-order valence-electron chi connectivity index (χ3n) is 5.35. The fraction of sp³-hybridized carbons (Fsp3) is 0.318. The Hall–Kier alpha value is -3.59. The number of phenolic OH excluding ortho intramolecular Hbond substituents is 2. The van der Waals surface area contributed by atoms with Crippen molar-refractivity contribution in [1.82, 2.24) is 19.7 Å². The van der Waals surface area contributed by atoms with Gasteiger partial charge in [-0.1, -0.05) is 13.8 Å². The number of hydrogen-bond acceptors (Lipinski definition) is 6. The van der Waals surface area contributed by atoms with Crippen LogP contribution in [0.2, 0.25) is 0 Å². The molecule has 1 amide bonds. The van der Waals surface area contributed by atoms with E-state index in [1.807, 2.05) is 13.8 Å². The molecule has 0 saturated carbocycles. The first-order valence-electron chi connectivity index (χ1n) is 10.1. The van der Waals surface area contributed by atoms with Crippen LogP contribution in [0.5, 0.6) is 11.5 Å². The second kappa shape index (κ2) is 8.27. The SMILES string of the molecule is CC(C)c1cc(-c2n[nH]c(=O)n2-c2ccc(C(=O)N3CCOCC3)cc2)c(O)cc1O. The minimum Gasteiger partial charge on any atom is -0.508 e. The molecule has 2 aromatic carbocycles. The number of carbonyl (C=O) groups is 1. The van der Waals surface area contributed by atoms with Crippen LogP contribution in [0.15, 0.2) is 41.2 Å². The molecule has 3 aromatic rings. The van der Waals surface area contributed by atoms with Crippen LogP contribution >= 0.6 is 0 Å². The van der Waals surface area contributed by atoms with Crippen LogP contribution in [0.25, 0.3) is 17.1 Å². The van der Waals surface area contributed by atoms with Crippen LogP contribution < -0.4 is 5.69 Å². The van der Waals surface area contributed by atoms with E-state index >= 15 is 0 Å². The van der Waals surface area contributed by atoms with Gasteiger partial charge in [0.05, 0.1) is 24.5 Å². The van der Waals surface area contributed by atoms with Gasteiger partial charge in [-0.3, -0.25) is 4.79 Å². The van der Waals surface area contributed by atoms with Gasteiger partial charge in [0.2, 0.25) is 0 Å². The molecule has 0 bridgehead atoms. The normalized spacial score (nSPS) is 14.2. The fourth-order valence-corrected chi connectivity index (χ4v) is 3.65. The summed E-state index contributed by atoms with van der Waals surface area (Å²) in [6, 6.07) is 9.51.